The average Bonchev–Trinajstić information content (AvgIpc) is 2.91. The van der Waals surface area contributed by atoms with Crippen LogP contribution in [0.4, 0.5) is 0 Å². The lowest BCUT2D eigenvalue weighted by Crippen LogP contribution is -2.49. The summed E-state index contributed by atoms with van der Waals surface area (Å²) in [7, 11) is 0. The van der Waals surface area contributed by atoms with Gasteiger partial charge < -0.3 is 19.7 Å². The fourth-order valence-electron chi connectivity index (χ4n) is 3.39. The van der Waals surface area contributed by atoms with Crippen LogP contribution >= 0.6 is 0 Å². The Morgan fingerprint density at radius 1 is 1.08 bits per heavy atom. The molecule has 1 rings (SSSR count). The van der Waals surface area contributed by atoms with Gasteiger partial charge in [-0.15, -0.1) is 0 Å². The first kappa shape index (κ1) is 21.9. The number of carboxylic acid groups (broad SMARTS) is 2. The van der Waals surface area contributed by atoms with Gasteiger partial charge in [0.25, 0.3) is 0 Å². The molecule has 1 fully saturated rings. The number of carbonyl (C=O) groups is 3. The number of carboxylic acids is 2. The van der Waals surface area contributed by atoms with Crippen LogP contribution in [0.25, 0.3) is 0 Å². The molecule has 0 aromatic heterocycles. The Bertz CT molecular complexity index is 618. The van der Waals surface area contributed by atoms with E-state index in [4.69, 9.17) is 9.47 Å². The monoisotopic (exact) mass is 369 g/mol. The Morgan fingerprint density at radius 3 is 1.92 bits per heavy atom. The first-order valence-electron chi connectivity index (χ1n) is 8.47. The molecule has 0 saturated carbocycles. The Kier molecular flexibility index (Phi) is 6.42. The summed E-state index contributed by atoms with van der Waals surface area (Å²) >= 11 is 0. The Morgan fingerprint density at radius 2 is 1.54 bits per heavy atom. The van der Waals surface area contributed by atoms with Crippen LogP contribution < -0.4 is 0 Å². The van der Waals surface area contributed by atoms with Crippen LogP contribution in [0.1, 0.15) is 41.5 Å². The minimum absolute atomic E-state index is 0.233. The zero-order chi connectivity index (χ0) is 20.4. The Labute approximate surface area is 153 Å². The zero-order valence-corrected chi connectivity index (χ0v) is 16.0. The van der Waals surface area contributed by atoms with Crippen molar-refractivity contribution in [3.8, 4) is 6.07 Å². The van der Waals surface area contributed by atoms with Crippen molar-refractivity contribution in [2.24, 2.45) is 28.6 Å². The van der Waals surface area contributed by atoms with E-state index in [9.17, 15) is 29.9 Å². The second-order valence-electron chi connectivity index (χ2n) is 8.11. The maximum Gasteiger partial charge on any atom is 0.309 e. The van der Waals surface area contributed by atoms with Crippen LogP contribution in [-0.4, -0.2) is 46.9 Å². The van der Waals surface area contributed by atoms with E-state index in [2.05, 4.69) is 0 Å². The molecule has 4 atom stereocenters. The van der Waals surface area contributed by atoms with Gasteiger partial charge in [-0.1, -0.05) is 13.8 Å². The van der Waals surface area contributed by atoms with Crippen LogP contribution in [0, 0.1) is 39.9 Å². The molecule has 0 aliphatic carbocycles. The maximum absolute atomic E-state index is 11.8. The summed E-state index contributed by atoms with van der Waals surface area (Å²) in [6.07, 6.45) is -2.01. The molecule has 2 N–H and O–H groups in total. The maximum atomic E-state index is 11.8. The van der Waals surface area contributed by atoms with Crippen molar-refractivity contribution in [3.63, 3.8) is 0 Å². The van der Waals surface area contributed by atoms with Crippen molar-refractivity contribution in [1.82, 2.24) is 0 Å². The molecule has 1 saturated heterocycles. The Balaban J connectivity index is 3.34. The predicted molar refractivity (Wildman–Crippen MR) is 89.9 cm³/mol. The van der Waals surface area contributed by atoms with Gasteiger partial charge in [0.05, 0.1) is 28.9 Å². The van der Waals surface area contributed by atoms with E-state index < -0.39 is 52.8 Å². The van der Waals surface area contributed by atoms with Crippen molar-refractivity contribution in [2.45, 2.75) is 53.8 Å². The number of ether oxygens (including phenoxy) is 2. The third-order valence-corrected chi connectivity index (χ3v) is 5.19. The third kappa shape index (κ3) is 3.98. The summed E-state index contributed by atoms with van der Waals surface area (Å²) in [5.74, 6) is -4.88. The molecule has 1 aliphatic rings. The number of carbonyl (C=O) groups excluding carboxylic acids is 1. The minimum Gasteiger partial charge on any atom is -0.481 e. The molecule has 8 heteroatoms. The molecule has 0 aromatic carbocycles. The van der Waals surface area contributed by atoms with Crippen LogP contribution in [0.5, 0.6) is 0 Å². The van der Waals surface area contributed by atoms with Crippen molar-refractivity contribution < 1.29 is 34.1 Å². The van der Waals surface area contributed by atoms with E-state index in [0.717, 1.165) is 0 Å². The van der Waals surface area contributed by atoms with Gasteiger partial charge in [0.15, 0.2) is 0 Å². The highest BCUT2D eigenvalue weighted by Crippen LogP contribution is 2.51. The Hall–Kier alpha value is -2.14. The number of hydrogen-bond acceptors (Lipinski definition) is 6. The largest absolute Gasteiger partial charge is 0.481 e. The van der Waals surface area contributed by atoms with Gasteiger partial charge in [-0.3, -0.25) is 14.4 Å². The average molecular weight is 369 g/mol. The number of hydrogen-bond donors (Lipinski definition) is 2. The second kappa shape index (κ2) is 7.62. The van der Waals surface area contributed by atoms with Gasteiger partial charge in [-0.05, 0) is 27.7 Å². The molecule has 0 spiro atoms. The van der Waals surface area contributed by atoms with Gasteiger partial charge in [-0.25, -0.2) is 0 Å². The number of aliphatic carboxylic acids is 2. The van der Waals surface area contributed by atoms with E-state index in [1.54, 1.807) is 13.8 Å². The second-order valence-corrected chi connectivity index (χ2v) is 8.11. The molecule has 8 nitrogen and oxygen atoms in total. The standard InChI is InChI=1S/C18H27NO7/c1-9(2)14(20)25-8-11-13(18(5,6)16(23)24)12(10(7-19)26-11)17(3,4)15(21)22/h9-13H,8H2,1-6H3,(H,21,22)(H,23,24)/t10?,11-,12?,13?/m1/s1. The van der Waals surface area contributed by atoms with Gasteiger partial charge in [-0.2, -0.15) is 5.26 Å². The lowest BCUT2D eigenvalue weighted by molar-refractivity contribution is -0.161. The first-order valence-corrected chi connectivity index (χ1v) is 8.47. The topological polar surface area (TPSA) is 134 Å². The van der Waals surface area contributed by atoms with Gasteiger partial charge >= 0.3 is 17.9 Å². The summed E-state index contributed by atoms with van der Waals surface area (Å²) in [6.45, 7) is 8.90. The molecule has 0 amide bonds. The van der Waals surface area contributed by atoms with Crippen LogP contribution in [0.2, 0.25) is 0 Å². The quantitative estimate of drug-likeness (QED) is 0.650. The normalized spacial score (nSPS) is 26.4. The number of nitriles is 1. The summed E-state index contributed by atoms with van der Waals surface area (Å²) in [5.41, 5.74) is -2.80. The van der Waals surface area contributed by atoms with E-state index in [1.165, 1.54) is 27.7 Å². The smallest absolute Gasteiger partial charge is 0.309 e. The molecular formula is C18H27NO7. The molecule has 0 aromatic rings. The van der Waals surface area contributed by atoms with Crippen molar-refractivity contribution in [2.75, 3.05) is 6.61 Å². The van der Waals surface area contributed by atoms with E-state index in [0.29, 0.717) is 0 Å². The summed E-state index contributed by atoms with van der Waals surface area (Å²) in [5, 5.41) is 28.8. The fourth-order valence-corrected chi connectivity index (χ4v) is 3.39. The molecular weight excluding hydrogens is 342 g/mol. The van der Waals surface area contributed by atoms with E-state index >= 15 is 0 Å². The predicted octanol–water partition coefficient (Wildman–Crippen LogP) is 1.93. The number of esters is 1. The van der Waals surface area contributed by atoms with Gasteiger partial charge in [0.2, 0.25) is 0 Å². The fraction of sp³-hybridized carbons (Fsp3) is 0.778. The number of nitrogens with zero attached hydrogens (tertiary/aromatic N) is 1. The van der Waals surface area contributed by atoms with Gasteiger partial charge in [0, 0.05) is 11.8 Å². The molecule has 1 aliphatic heterocycles. The van der Waals surface area contributed by atoms with Crippen molar-refractivity contribution in [1.29, 1.82) is 5.26 Å². The third-order valence-electron chi connectivity index (χ3n) is 5.19. The van der Waals surface area contributed by atoms with E-state index in [-0.39, 0.29) is 12.5 Å². The lowest BCUT2D eigenvalue weighted by Gasteiger charge is -2.39. The minimum atomic E-state index is -1.41. The first-order chi connectivity index (χ1) is 11.8. The summed E-state index contributed by atoms with van der Waals surface area (Å²) in [6, 6.07) is 1.94. The highest BCUT2D eigenvalue weighted by molar-refractivity contribution is 5.77. The zero-order valence-electron chi connectivity index (χ0n) is 16.0. The van der Waals surface area contributed by atoms with E-state index in [1.807, 2.05) is 6.07 Å². The summed E-state index contributed by atoms with van der Waals surface area (Å²) < 4.78 is 10.9. The molecule has 1 heterocycles. The van der Waals surface area contributed by atoms with Crippen LogP contribution in [0.3, 0.4) is 0 Å². The summed E-state index contributed by atoms with van der Waals surface area (Å²) in [4.78, 5) is 35.4. The molecule has 26 heavy (non-hydrogen) atoms. The van der Waals surface area contributed by atoms with Crippen molar-refractivity contribution >= 4 is 17.9 Å². The lowest BCUT2D eigenvalue weighted by atomic mass is 9.61. The SMILES string of the molecule is CC(C)C(=O)OC[C@H]1OC(C#N)C(C(C)(C)C(=O)O)C1C(C)(C)C(=O)O. The van der Waals surface area contributed by atoms with Crippen LogP contribution in [0.15, 0.2) is 0 Å². The highest BCUT2D eigenvalue weighted by Gasteiger charge is 2.60. The number of rotatable bonds is 7. The van der Waals surface area contributed by atoms with Crippen LogP contribution in [-0.2, 0) is 23.9 Å². The molecule has 146 valence electrons. The molecule has 3 unspecified atom stereocenters. The van der Waals surface area contributed by atoms with Gasteiger partial charge in [0.1, 0.15) is 12.7 Å². The highest BCUT2D eigenvalue weighted by atomic mass is 16.6. The van der Waals surface area contributed by atoms with Crippen molar-refractivity contribution in [3.05, 3.63) is 0 Å². The molecule has 0 radical (unpaired) electrons. The molecule has 0 bridgehead atoms.